The molecule has 1 atom stereocenters. The van der Waals surface area contributed by atoms with Gasteiger partial charge < -0.3 is 10.2 Å². The zero-order valence-corrected chi connectivity index (χ0v) is 8.51. The third-order valence-electron chi connectivity index (χ3n) is 1.70. The molecule has 0 radical (unpaired) electrons. The van der Waals surface area contributed by atoms with Crippen molar-refractivity contribution in [1.82, 2.24) is 0 Å². The molecule has 0 aromatic carbocycles. The molecule has 0 amide bonds. The third kappa shape index (κ3) is 6.26. The molecule has 0 saturated heterocycles. The quantitative estimate of drug-likeness (QED) is 0.458. The van der Waals surface area contributed by atoms with E-state index in [9.17, 15) is 0 Å². The molecule has 0 saturated carbocycles. The van der Waals surface area contributed by atoms with Crippen LogP contribution in [0.4, 0.5) is 0 Å². The van der Waals surface area contributed by atoms with E-state index in [2.05, 4.69) is 6.92 Å². The number of hydrogen-bond acceptors (Lipinski definition) is 2. The largest absolute Gasteiger partial charge is 0.427 e. The van der Waals surface area contributed by atoms with Crippen molar-refractivity contribution in [2.24, 2.45) is 5.73 Å². The van der Waals surface area contributed by atoms with Crippen LogP contribution in [0, 0.1) is 0 Å². The molecule has 0 aliphatic carbocycles. The zero-order chi connectivity index (χ0) is 7.82. The van der Waals surface area contributed by atoms with E-state index >= 15 is 0 Å². The summed E-state index contributed by atoms with van der Waals surface area (Å²) in [4.78, 5) is 0. The highest BCUT2D eigenvalue weighted by Crippen LogP contribution is 2.01. The van der Waals surface area contributed by atoms with Gasteiger partial charge in [0.05, 0.1) is 0 Å². The Morgan fingerprint density at radius 2 is 2.30 bits per heavy atom. The highest BCUT2D eigenvalue weighted by atomic mass is 28.2. The summed E-state index contributed by atoms with van der Waals surface area (Å²) in [6.07, 6.45) is 3.54. The third-order valence-corrected chi connectivity index (χ3v) is 2.89. The highest BCUT2D eigenvalue weighted by molar-refractivity contribution is 6.26. The number of hydrogen-bond donors (Lipinski definition) is 1. The van der Waals surface area contributed by atoms with Crippen molar-refractivity contribution in [3.63, 3.8) is 0 Å². The fraction of sp³-hybridized carbons (Fsp3) is 1.00. The summed E-state index contributed by atoms with van der Waals surface area (Å²) < 4.78 is 5.06. The molecule has 0 rings (SSSR count). The van der Waals surface area contributed by atoms with E-state index in [-0.39, 0.29) is 9.76 Å². The van der Waals surface area contributed by atoms with Gasteiger partial charge >= 0.3 is 0 Å². The number of rotatable bonds is 6. The van der Waals surface area contributed by atoms with Crippen LogP contribution >= 0.6 is 0 Å². The fourth-order valence-corrected chi connectivity index (χ4v) is 1.64. The molecule has 0 bridgehead atoms. The maximum Gasteiger partial charge on any atom is 0.161 e. The lowest BCUT2D eigenvalue weighted by Crippen LogP contribution is -2.18. The Hall–Kier alpha value is 0.137. The second-order valence-electron chi connectivity index (χ2n) is 2.66. The van der Waals surface area contributed by atoms with Crippen LogP contribution in [0.2, 0.25) is 6.04 Å². The minimum absolute atomic E-state index is 0.184. The SMILES string of the molecule is CCC(N)CCC[SiH2]OC. The molecule has 1 unspecified atom stereocenters. The second kappa shape index (κ2) is 7.25. The average molecular weight is 161 g/mol. The van der Waals surface area contributed by atoms with E-state index in [1.165, 1.54) is 18.9 Å². The van der Waals surface area contributed by atoms with Crippen molar-refractivity contribution in [3.05, 3.63) is 0 Å². The van der Waals surface area contributed by atoms with Crippen molar-refractivity contribution in [3.8, 4) is 0 Å². The van der Waals surface area contributed by atoms with Gasteiger partial charge in [-0.15, -0.1) is 0 Å². The Bertz CT molecular complexity index is 70.6. The van der Waals surface area contributed by atoms with Crippen LogP contribution in [0.1, 0.15) is 26.2 Å². The van der Waals surface area contributed by atoms with Crippen molar-refractivity contribution in [2.45, 2.75) is 38.3 Å². The van der Waals surface area contributed by atoms with Gasteiger partial charge in [-0.3, -0.25) is 0 Å². The van der Waals surface area contributed by atoms with Gasteiger partial charge in [0.25, 0.3) is 0 Å². The van der Waals surface area contributed by atoms with Gasteiger partial charge in [0, 0.05) is 13.2 Å². The van der Waals surface area contributed by atoms with Crippen molar-refractivity contribution >= 4 is 9.76 Å². The van der Waals surface area contributed by atoms with E-state index in [4.69, 9.17) is 10.2 Å². The Morgan fingerprint density at radius 1 is 1.60 bits per heavy atom. The van der Waals surface area contributed by atoms with E-state index in [0.717, 1.165) is 6.42 Å². The first-order valence-corrected chi connectivity index (χ1v) is 5.63. The summed E-state index contributed by atoms with van der Waals surface area (Å²) in [7, 11) is 1.61. The van der Waals surface area contributed by atoms with E-state index in [1.54, 1.807) is 7.11 Å². The van der Waals surface area contributed by atoms with Crippen molar-refractivity contribution < 1.29 is 4.43 Å². The van der Waals surface area contributed by atoms with Crippen LogP contribution in [0.15, 0.2) is 0 Å². The molecule has 2 nitrogen and oxygen atoms in total. The molecule has 0 spiro atoms. The summed E-state index contributed by atoms with van der Waals surface area (Å²) in [5.41, 5.74) is 5.73. The van der Waals surface area contributed by atoms with Crippen molar-refractivity contribution in [1.29, 1.82) is 0 Å². The van der Waals surface area contributed by atoms with Crippen molar-refractivity contribution in [2.75, 3.05) is 7.11 Å². The lowest BCUT2D eigenvalue weighted by molar-refractivity contribution is 0.437. The van der Waals surface area contributed by atoms with Crippen LogP contribution in [-0.4, -0.2) is 22.9 Å². The molecule has 62 valence electrons. The molecule has 0 aliphatic heterocycles. The lowest BCUT2D eigenvalue weighted by atomic mass is 10.1. The minimum Gasteiger partial charge on any atom is -0.427 e. The van der Waals surface area contributed by atoms with Crippen LogP contribution < -0.4 is 5.73 Å². The van der Waals surface area contributed by atoms with Gasteiger partial charge in [0.2, 0.25) is 0 Å². The first-order chi connectivity index (χ1) is 4.81. The summed E-state index contributed by atoms with van der Waals surface area (Å²) in [6.45, 7) is 2.14. The summed E-state index contributed by atoms with van der Waals surface area (Å²) >= 11 is 0. The minimum atomic E-state index is -0.184. The second-order valence-corrected chi connectivity index (χ2v) is 4.35. The standard InChI is InChI=1S/C7H19NOSi/c1-3-7(8)5-4-6-10-9-2/h7H,3-6,8,10H2,1-2H3. The normalized spacial score (nSPS) is 14.7. The maximum absolute atomic E-state index is 5.73. The van der Waals surface area contributed by atoms with E-state index < -0.39 is 0 Å². The first kappa shape index (κ1) is 10.1. The molecule has 0 aromatic heterocycles. The maximum atomic E-state index is 5.73. The van der Waals surface area contributed by atoms with Gasteiger partial charge in [-0.05, 0) is 18.9 Å². The molecular formula is C7H19NOSi. The predicted molar refractivity (Wildman–Crippen MR) is 47.9 cm³/mol. The molecule has 0 aromatic rings. The van der Waals surface area contributed by atoms with Crippen LogP contribution in [0.25, 0.3) is 0 Å². The molecule has 0 aliphatic rings. The van der Waals surface area contributed by atoms with E-state index in [0.29, 0.717) is 6.04 Å². The molecular weight excluding hydrogens is 142 g/mol. The Labute approximate surface area is 66.1 Å². The van der Waals surface area contributed by atoms with Gasteiger partial charge in [-0.25, -0.2) is 0 Å². The highest BCUT2D eigenvalue weighted by Gasteiger charge is 1.97. The monoisotopic (exact) mass is 161 g/mol. The molecule has 10 heavy (non-hydrogen) atoms. The summed E-state index contributed by atoms with van der Waals surface area (Å²) in [5.74, 6) is 0. The molecule has 3 heteroatoms. The fourth-order valence-electron chi connectivity index (χ4n) is 0.857. The van der Waals surface area contributed by atoms with Gasteiger partial charge in [-0.1, -0.05) is 13.3 Å². The smallest absolute Gasteiger partial charge is 0.161 e. The Kier molecular flexibility index (Phi) is 7.35. The molecule has 2 N–H and O–H groups in total. The lowest BCUT2D eigenvalue weighted by Gasteiger charge is -2.06. The number of nitrogens with two attached hydrogens (primary N) is 1. The van der Waals surface area contributed by atoms with E-state index in [1.807, 2.05) is 0 Å². The van der Waals surface area contributed by atoms with Gasteiger partial charge in [-0.2, -0.15) is 0 Å². The predicted octanol–water partition coefficient (Wildman–Crippen LogP) is 0.652. The van der Waals surface area contributed by atoms with Gasteiger partial charge in [0.1, 0.15) is 0 Å². The average Bonchev–Trinajstić information content (AvgIpc) is 1.98. The zero-order valence-electron chi connectivity index (χ0n) is 7.10. The summed E-state index contributed by atoms with van der Waals surface area (Å²) in [6, 6.07) is 1.70. The summed E-state index contributed by atoms with van der Waals surface area (Å²) in [5, 5.41) is 0. The van der Waals surface area contributed by atoms with Crippen LogP contribution in [0.5, 0.6) is 0 Å². The van der Waals surface area contributed by atoms with Crippen LogP contribution in [-0.2, 0) is 4.43 Å². The Balaban J connectivity index is 2.89. The Morgan fingerprint density at radius 3 is 2.80 bits per heavy atom. The topological polar surface area (TPSA) is 35.2 Å². The molecule has 0 fully saturated rings. The first-order valence-electron chi connectivity index (χ1n) is 4.05. The van der Waals surface area contributed by atoms with Crippen LogP contribution in [0.3, 0.4) is 0 Å². The molecule has 0 heterocycles. The van der Waals surface area contributed by atoms with Gasteiger partial charge in [0.15, 0.2) is 9.76 Å².